The van der Waals surface area contributed by atoms with E-state index in [1.807, 2.05) is 131 Å². The molecular weight excluding hydrogens is 945 g/mol. The standard InChI is InChI=1S/C74H58N4/c1-73(2,3)51-33-37-63-61(43-51)69-65(75(53-27-15-9-16-28-53)55-31-19-25-49(41-55)47-21-11-7-12-22-47)39-35-57-59-46-68-60(45-67(59)77(63)71(57)69)58-36-40-66(70-62-44-52(74(4,5)6)34-38-64(62)78(68)72(58)70)76(54-29-17-10-18-30-54)56-32-20-26-50(42-56)48-23-13-8-14-24-48/h7-46H,1-6H3/i9D,10D,15D,16D,17D,18D,27D,28D,29D,30D. The molecule has 78 heavy (non-hydrogen) atoms. The summed E-state index contributed by atoms with van der Waals surface area (Å²) in [6.07, 6.45) is 0. The van der Waals surface area contributed by atoms with Gasteiger partial charge < -0.3 is 18.6 Å². The van der Waals surface area contributed by atoms with Crippen molar-refractivity contribution in [3.8, 4) is 22.3 Å². The molecule has 15 rings (SSSR count). The van der Waals surface area contributed by atoms with E-state index in [0.717, 1.165) is 110 Å². The fraction of sp³-hybridized carbons (Fsp3) is 0.108. The highest BCUT2D eigenvalue weighted by Gasteiger charge is 2.30. The van der Waals surface area contributed by atoms with Gasteiger partial charge in [-0.3, -0.25) is 0 Å². The third kappa shape index (κ3) is 6.99. The number of rotatable bonds is 8. The van der Waals surface area contributed by atoms with Crippen molar-refractivity contribution in [2.45, 2.75) is 52.4 Å². The van der Waals surface area contributed by atoms with Gasteiger partial charge in [-0.15, -0.1) is 0 Å². The van der Waals surface area contributed by atoms with Crippen LogP contribution in [-0.2, 0) is 10.8 Å². The fourth-order valence-electron chi connectivity index (χ4n) is 12.3. The van der Waals surface area contributed by atoms with E-state index in [2.05, 4.69) is 111 Å². The maximum Gasteiger partial charge on any atom is 0.0645 e. The smallest absolute Gasteiger partial charge is 0.0645 e. The molecule has 0 fully saturated rings. The van der Waals surface area contributed by atoms with Crippen LogP contribution in [0.15, 0.2) is 242 Å². The summed E-state index contributed by atoms with van der Waals surface area (Å²) < 4.78 is 96.2. The molecule has 0 aliphatic carbocycles. The molecule has 0 saturated heterocycles. The highest BCUT2D eigenvalue weighted by atomic mass is 15.2. The Morgan fingerprint density at radius 1 is 0.321 bits per heavy atom. The van der Waals surface area contributed by atoms with E-state index in [1.165, 1.54) is 0 Å². The lowest BCUT2D eigenvalue weighted by Crippen LogP contribution is -2.11. The molecule has 0 saturated carbocycles. The first-order valence-corrected chi connectivity index (χ1v) is 26.6. The molecule has 4 heterocycles. The van der Waals surface area contributed by atoms with Gasteiger partial charge in [-0.05, 0) is 141 Å². The van der Waals surface area contributed by atoms with Crippen molar-refractivity contribution >= 4 is 110 Å². The van der Waals surface area contributed by atoms with Crippen molar-refractivity contribution in [1.29, 1.82) is 0 Å². The molecule has 4 aromatic heterocycles. The SMILES string of the molecule is [2H]c1c([2H])c([2H])c(N(c2cccc(-c3ccccc3)c2)c2ccc3c4cc5c(cc4n4c6ccc(C(C)(C)C)cc6c2c34)c2ccc(N(c3cccc(-c4ccccc4)c3)c3c([2H])c([2H])c([2H])c([2H])c3[2H])c3c4cc(C(C)(C)C)ccc4n5c23)c([2H])c1[2H]. The van der Waals surface area contributed by atoms with Crippen LogP contribution in [0.4, 0.5) is 34.1 Å². The lowest BCUT2D eigenvalue weighted by molar-refractivity contribution is 0.591. The minimum atomic E-state index is -0.467. The van der Waals surface area contributed by atoms with E-state index < -0.39 is 36.3 Å². The summed E-state index contributed by atoms with van der Waals surface area (Å²) in [5.74, 6) is 0. The Morgan fingerprint density at radius 2 is 0.718 bits per heavy atom. The molecule has 0 radical (unpaired) electrons. The van der Waals surface area contributed by atoms with Crippen molar-refractivity contribution in [2.24, 2.45) is 0 Å². The molecule has 0 amide bonds. The van der Waals surface area contributed by atoms with Crippen LogP contribution in [0.25, 0.3) is 98.4 Å². The highest BCUT2D eigenvalue weighted by molar-refractivity contribution is 6.32. The molecule has 0 aliphatic heterocycles. The third-order valence-corrected chi connectivity index (χ3v) is 16.0. The Balaban J connectivity index is 1.06. The maximum absolute atomic E-state index is 9.55. The number of hydrogen-bond acceptors (Lipinski definition) is 2. The maximum atomic E-state index is 9.55. The Morgan fingerprint density at radius 3 is 1.12 bits per heavy atom. The van der Waals surface area contributed by atoms with Gasteiger partial charge in [0.25, 0.3) is 0 Å². The van der Waals surface area contributed by atoms with Gasteiger partial charge in [0.1, 0.15) is 0 Å². The van der Waals surface area contributed by atoms with E-state index >= 15 is 0 Å². The van der Waals surface area contributed by atoms with E-state index in [1.54, 1.807) is 0 Å². The number of hydrogen-bond donors (Lipinski definition) is 0. The zero-order valence-electron chi connectivity index (χ0n) is 54.1. The second kappa shape index (κ2) is 17.1. The summed E-state index contributed by atoms with van der Waals surface area (Å²) in [6.45, 7) is 13.2. The number of anilines is 6. The first-order chi connectivity index (χ1) is 42.1. The summed E-state index contributed by atoms with van der Waals surface area (Å²) in [5.41, 5.74) is 13.8. The lowest BCUT2D eigenvalue weighted by Gasteiger charge is -2.27. The Kier molecular flexibility index (Phi) is 8.00. The van der Waals surface area contributed by atoms with Gasteiger partial charge in [0.15, 0.2) is 0 Å². The van der Waals surface area contributed by atoms with Crippen LogP contribution in [0.3, 0.4) is 0 Å². The average molecular weight is 1010 g/mol. The summed E-state index contributed by atoms with van der Waals surface area (Å²) in [4.78, 5) is 3.71. The minimum absolute atomic E-state index is 0.0389. The van der Waals surface area contributed by atoms with E-state index in [0.29, 0.717) is 22.7 Å². The number of nitrogens with zero attached hydrogens (tertiary/aromatic N) is 4. The molecule has 0 bridgehead atoms. The van der Waals surface area contributed by atoms with Crippen LogP contribution in [0.1, 0.15) is 66.4 Å². The van der Waals surface area contributed by atoms with E-state index in [-0.39, 0.29) is 46.4 Å². The van der Waals surface area contributed by atoms with Gasteiger partial charge in [0.05, 0.1) is 58.2 Å². The van der Waals surface area contributed by atoms with Gasteiger partial charge >= 0.3 is 0 Å². The minimum Gasteiger partial charge on any atom is -0.310 e. The molecule has 4 nitrogen and oxygen atoms in total. The molecule has 374 valence electrons. The third-order valence-electron chi connectivity index (χ3n) is 16.0. The first kappa shape index (κ1) is 36.6. The normalized spacial score (nSPS) is 14.3. The molecule has 4 heteroatoms. The average Bonchev–Trinajstić information content (AvgIpc) is 1.59. The summed E-state index contributed by atoms with van der Waals surface area (Å²) in [7, 11) is 0. The quantitative estimate of drug-likeness (QED) is 0.151. The largest absolute Gasteiger partial charge is 0.310 e. The first-order valence-electron chi connectivity index (χ1n) is 31.6. The van der Waals surface area contributed by atoms with Crippen molar-refractivity contribution in [3.63, 3.8) is 0 Å². The topological polar surface area (TPSA) is 15.3 Å². The molecule has 0 N–H and O–H groups in total. The van der Waals surface area contributed by atoms with Crippen LogP contribution in [-0.4, -0.2) is 8.80 Å². The van der Waals surface area contributed by atoms with Crippen LogP contribution in [0.2, 0.25) is 0 Å². The van der Waals surface area contributed by atoms with Gasteiger partial charge in [0.2, 0.25) is 0 Å². The predicted molar refractivity (Wildman–Crippen MR) is 333 cm³/mol. The van der Waals surface area contributed by atoms with Crippen molar-refractivity contribution in [3.05, 3.63) is 254 Å². The fourth-order valence-corrected chi connectivity index (χ4v) is 12.3. The number of benzene rings is 11. The van der Waals surface area contributed by atoms with Crippen LogP contribution in [0, 0.1) is 0 Å². The zero-order valence-corrected chi connectivity index (χ0v) is 44.1. The Bertz CT molecular complexity index is 5030. The van der Waals surface area contributed by atoms with E-state index in [4.69, 9.17) is 8.22 Å². The molecular formula is C74H58N4. The van der Waals surface area contributed by atoms with Gasteiger partial charge in [0, 0.05) is 65.8 Å². The second-order valence-electron chi connectivity index (χ2n) is 22.7. The lowest BCUT2D eigenvalue weighted by atomic mass is 9.86. The van der Waals surface area contributed by atoms with Gasteiger partial charge in [-0.25, -0.2) is 0 Å². The predicted octanol–water partition coefficient (Wildman–Crippen LogP) is 20.9. The molecule has 0 aliphatic rings. The summed E-state index contributed by atoms with van der Waals surface area (Å²) in [6, 6.07) is 58.1. The van der Waals surface area contributed by atoms with Crippen LogP contribution >= 0.6 is 0 Å². The Labute approximate surface area is 469 Å². The van der Waals surface area contributed by atoms with Crippen molar-refractivity contribution in [2.75, 3.05) is 9.80 Å². The van der Waals surface area contributed by atoms with Crippen LogP contribution in [0.5, 0.6) is 0 Å². The Hall–Kier alpha value is -9.38. The van der Waals surface area contributed by atoms with Crippen molar-refractivity contribution < 1.29 is 13.7 Å². The van der Waals surface area contributed by atoms with Gasteiger partial charge in [-0.1, -0.05) is 187 Å². The van der Waals surface area contributed by atoms with Crippen molar-refractivity contribution in [1.82, 2.24) is 8.80 Å². The number of fused-ring (bicyclic) bond motifs is 12. The molecule has 15 aromatic rings. The molecule has 0 spiro atoms. The summed E-state index contributed by atoms with van der Waals surface area (Å²) >= 11 is 0. The zero-order chi connectivity index (χ0) is 61.3. The number of aromatic nitrogens is 2. The van der Waals surface area contributed by atoms with E-state index in [9.17, 15) is 5.48 Å². The second-order valence-corrected chi connectivity index (χ2v) is 22.7. The van der Waals surface area contributed by atoms with Crippen LogP contribution < -0.4 is 9.80 Å². The summed E-state index contributed by atoms with van der Waals surface area (Å²) in [5, 5.41) is 7.53. The van der Waals surface area contributed by atoms with Gasteiger partial charge in [-0.2, -0.15) is 0 Å². The number of para-hydroxylation sites is 2. The molecule has 0 atom stereocenters. The molecule has 0 unspecified atom stereocenters. The highest BCUT2D eigenvalue weighted by Crippen LogP contribution is 2.52. The monoisotopic (exact) mass is 1010 g/mol. The molecule has 11 aromatic carbocycles.